The Labute approximate surface area is 220 Å². The van der Waals surface area contributed by atoms with Gasteiger partial charge in [-0.3, -0.25) is 0 Å². The van der Waals surface area contributed by atoms with Crippen molar-refractivity contribution >= 4 is 33.3 Å². The molecule has 0 bridgehead atoms. The average molecular weight is 489 g/mol. The predicted octanol–water partition coefficient (Wildman–Crippen LogP) is 8.95. The fourth-order valence-corrected chi connectivity index (χ4v) is 6.74. The van der Waals surface area contributed by atoms with E-state index in [9.17, 15) is 0 Å². The zero-order valence-corrected chi connectivity index (χ0v) is 22.7. The van der Waals surface area contributed by atoms with Crippen molar-refractivity contribution in [2.75, 3.05) is 9.80 Å². The minimum atomic E-state index is 0.0449. The highest BCUT2D eigenvalue weighted by molar-refractivity contribution is 6.09. The lowest BCUT2D eigenvalue weighted by atomic mass is 9.96. The van der Waals surface area contributed by atoms with Crippen LogP contribution in [0.2, 0.25) is 0 Å². The maximum Gasteiger partial charge on any atom is 0.159 e. The van der Waals surface area contributed by atoms with Crippen molar-refractivity contribution in [3.8, 4) is 0 Å². The molecule has 1 aliphatic heterocycles. The van der Waals surface area contributed by atoms with E-state index >= 15 is 0 Å². The van der Waals surface area contributed by atoms with Crippen LogP contribution in [0, 0.1) is 26.7 Å². The van der Waals surface area contributed by atoms with Crippen molar-refractivity contribution < 1.29 is 4.42 Å². The summed E-state index contributed by atoms with van der Waals surface area (Å²) in [5, 5.41) is 2.36. The van der Waals surface area contributed by atoms with E-state index in [1.54, 1.807) is 0 Å². The second-order valence-electron chi connectivity index (χ2n) is 11.0. The first-order chi connectivity index (χ1) is 17.9. The van der Waals surface area contributed by atoms with Crippen molar-refractivity contribution in [3.63, 3.8) is 0 Å². The largest absolute Gasteiger partial charge is 0.454 e. The Morgan fingerprint density at radius 3 is 2.05 bits per heavy atom. The van der Waals surface area contributed by atoms with Crippen LogP contribution in [0.5, 0.6) is 0 Å². The van der Waals surface area contributed by atoms with E-state index in [0.717, 1.165) is 11.2 Å². The van der Waals surface area contributed by atoms with Gasteiger partial charge in [0.2, 0.25) is 0 Å². The third-order valence-electron chi connectivity index (χ3n) is 8.30. The number of hydrogen-bond donors (Lipinski definition) is 0. The van der Waals surface area contributed by atoms with Gasteiger partial charge in [0.1, 0.15) is 11.7 Å². The summed E-state index contributed by atoms with van der Waals surface area (Å²) in [6.07, 6.45) is 0.0449. The van der Waals surface area contributed by atoms with Gasteiger partial charge in [-0.15, -0.1) is 0 Å². The van der Waals surface area contributed by atoms with Gasteiger partial charge in [0.15, 0.2) is 5.58 Å². The van der Waals surface area contributed by atoms with Gasteiger partial charge in [0.25, 0.3) is 0 Å². The summed E-state index contributed by atoms with van der Waals surface area (Å²) >= 11 is 0. The lowest BCUT2D eigenvalue weighted by Gasteiger charge is -2.37. The molecule has 37 heavy (non-hydrogen) atoms. The van der Waals surface area contributed by atoms with Crippen molar-refractivity contribution in [1.29, 1.82) is 0 Å². The van der Waals surface area contributed by atoms with Crippen LogP contribution in [0.1, 0.15) is 49.2 Å². The molecule has 3 atom stereocenters. The lowest BCUT2D eigenvalue weighted by molar-refractivity contribution is 0.455. The molecule has 2 unspecified atom stereocenters. The van der Waals surface area contributed by atoms with Crippen LogP contribution in [0.15, 0.2) is 89.3 Å². The van der Waals surface area contributed by atoms with Crippen molar-refractivity contribution in [3.05, 3.63) is 107 Å². The molecule has 2 heterocycles. The Morgan fingerprint density at radius 1 is 0.676 bits per heavy atom. The van der Waals surface area contributed by atoms with Crippen LogP contribution in [0.25, 0.3) is 21.9 Å². The van der Waals surface area contributed by atoms with E-state index in [4.69, 9.17) is 4.42 Å². The van der Waals surface area contributed by atoms with Gasteiger partial charge in [0, 0.05) is 28.1 Å². The molecule has 0 amide bonds. The minimum absolute atomic E-state index is 0.0449. The van der Waals surface area contributed by atoms with Crippen molar-refractivity contribution in [1.82, 2.24) is 0 Å². The van der Waals surface area contributed by atoms with Crippen LogP contribution >= 0.6 is 0 Å². The Bertz CT molecular complexity index is 1560. The molecule has 4 aromatic carbocycles. The molecule has 0 radical (unpaired) electrons. The first kappa shape index (κ1) is 23.7. The zero-order valence-electron chi connectivity index (χ0n) is 22.7. The molecule has 6 rings (SSSR count). The number of furan rings is 1. The molecule has 1 aromatic heterocycles. The van der Waals surface area contributed by atoms with Gasteiger partial charge in [-0.25, -0.2) is 0 Å². The maximum atomic E-state index is 6.65. The first-order valence-corrected chi connectivity index (χ1v) is 13.5. The third kappa shape index (κ3) is 3.63. The van der Waals surface area contributed by atoms with E-state index < -0.39 is 0 Å². The summed E-state index contributed by atoms with van der Waals surface area (Å²) in [7, 11) is 0. The van der Waals surface area contributed by atoms with Gasteiger partial charge in [0.05, 0.1) is 11.7 Å². The number of fused-ring (bicyclic) bond motifs is 3. The SMILES string of the molecule is Cc1cccc(C)c1C1N(c2ccccc2)C(C(C)C)[C@H](C)N1c1c(C)ccc2c1oc1ccccc12. The average Bonchev–Trinajstić information content (AvgIpc) is 3.40. The Kier molecular flexibility index (Phi) is 5.75. The molecular formula is C34H36N2O. The number of hydrogen-bond acceptors (Lipinski definition) is 3. The zero-order chi connectivity index (χ0) is 25.8. The number of benzene rings is 4. The Morgan fingerprint density at radius 2 is 1.35 bits per heavy atom. The van der Waals surface area contributed by atoms with E-state index in [1.165, 1.54) is 44.4 Å². The van der Waals surface area contributed by atoms with E-state index in [0.29, 0.717) is 12.0 Å². The van der Waals surface area contributed by atoms with Crippen molar-refractivity contribution in [2.24, 2.45) is 5.92 Å². The molecule has 1 fully saturated rings. The van der Waals surface area contributed by atoms with Gasteiger partial charge in [-0.1, -0.05) is 80.6 Å². The summed E-state index contributed by atoms with van der Waals surface area (Å²) in [5.41, 5.74) is 9.67. The summed E-state index contributed by atoms with van der Waals surface area (Å²) in [6, 6.07) is 31.1. The number of nitrogens with zero attached hydrogens (tertiary/aromatic N) is 2. The second kappa shape index (κ2) is 8.99. The number of para-hydroxylation sites is 2. The van der Waals surface area contributed by atoms with E-state index in [-0.39, 0.29) is 12.2 Å². The van der Waals surface area contributed by atoms with Gasteiger partial charge < -0.3 is 14.2 Å². The molecule has 5 aromatic rings. The monoisotopic (exact) mass is 488 g/mol. The smallest absolute Gasteiger partial charge is 0.159 e. The van der Waals surface area contributed by atoms with Crippen LogP contribution in [-0.4, -0.2) is 12.1 Å². The number of rotatable bonds is 4. The second-order valence-corrected chi connectivity index (χ2v) is 11.0. The summed E-state index contributed by atoms with van der Waals surface area (Å²) < 4.78 is 6.65. The molecular weight excluding hydrogens is 452 g/mol. The first-order valence-electron chi connectivity index (χ1n) is 13.5. The molecule has 0 saturated carbocycles. The molecule has 0 N–H and O–H groups in total. The van der Waals surface area contributed by atoms with E-state index in [1.807, 2.05) is 0 Å². The molecule has 0 spiro atoms. The van der Waals surface area contributed by atoms with Crippen LogP contribution < -0.4 is 9.80 Å². The number of aryl methyl sites for hydroxylation is 3. The molecule has 0 aliphatic carbocycles. The Hall–Kier alpha value is -3.72. The number of anilines is 2. The highest BCUT2D eigenvalue weighted by Crippen LogP contribution is 2.50. The fourth-order valence-electron chi connectivity index (χ4n) is 6.74. The molecule has 1 aliphatic rings. The molecule has 3 nitrogen and oxygen atoms in total. The predicted molar refractivity (Wildman–Crippen MR) is 157 cm³/mol. The third-order valence-corrected chi connectivity index (χ3v) is 8.30. The van der Waals surface area contributed by atoms with Gasteiger partial charge in [-0.05, 0) is 68.5 Å². The summed E-state index contributed by atoms with van der Waals surface area (Å²) in [5.74, 6) is 0.460. The molecule has 188 valence electrons. The van der Waals surface area contributed by atoms with Crippen molar-refractivity contribution in [2.45, 2.75) is 59.8 Å². The lowest BCUT2D eigenvalue weighted by Crippen LogP contribution is -2.40. The topological polar surface area (TPSA) is 19.6 Å². The molecule has 1 saturated heterocycles. The Balaban J connectivity index is 1.69. The summed E-state index contributed by atoms with van der Waals surface area (Å²) in [6.45, 7) is 13.9. The van der Waals surface area contributed by atoms with Gasteiger partial charge >= 0.3 is 0 Å². The highest BCUT2D eigenvalue weighted by atomic mass is 16.3. The normalized spacial score (nSPS) is 20.0. The minimum Gasteiger partial charge on any atom is -0.454 e. The van der Waals surface area contributed by atoms with Gasteiger partial charge in [-0.2, -0.15) is 0 Å². The maximum absolute atomic E-state index is 6.65. The standard InChI is InChI=1S/C34H36N2O/c1-21(2)31-25(6)35(32-24(5)19-20-28-27-17-10-11-18-29(27)37-33(28)32)34(30-22(3)13-12-14-23(30)4)36(31)26-15-8-7-9-16-26/h7-21,25,31,34H,1-6H3/t25-,31?,34?/m0/s1. The molecule has 3 heteroatoms. The van der Waals surface area contributed by atoms with Crippen LogP contribution in [-0.2, 0) is 0 Å². The van der Waals surface area contributed by atoms with Crippen LogP contribution in [0.3, 0.4) is 0 Å². The van der Waals surface area contributed by atoms with Crippen LogP contribution in [0.4, 0.5) is 11.4 Å². The fraction of sp³-hybridized carbons (Fsp3) is 0.294. The summed E-state index contributed by atoms with van der Waals surface area (Å²) in [4.78, 5) is 5.33. The van der Waals surface area contributed by atoms with E-state index in [2.05, 4.69) is 136 Å². The highest BCUT2D eigenvalue weighted by Gasteiger charge is 2.49. The quantitative estimate of drug-likeness (QED) is 0.252.